The van der Waals surface area contributed by atoms with Crippen molar-refractivity contribution in [3.63, 3.8) is 0 Å². The average molecular weight is 972 g/mol. The molecule has 0 aliphatic heterocycles. The zero-order valence-electron chi connectivity index (χ0n) is 36.5. The van der Waals surface area contributed by atoms with Crippen molar-refractivity contribution in [1.82, 2.24) is 9.97 Å². The fourth-order valence-corrected chi connectivity index (χ4v) is 8.20. The summed E-state index contributed by atoms with van der Waals surface area (Å²) in [4.78, 5) is 12.6. The zero-order valence-corrected chi connectivity index (χ0v) is 38.8. The van der Waals surface area contributed by atoms with Crippen LogP contribution in [-0.4, -0.2) is 15.1 Å². The maximum Gasteiger partial charge on any atom is 0.136 e. The van der Waals surface area contributed by atoms with E-state index in [0.29, 0.717) is 5.56 Å². The van der Waals surface area contributed by atoms with Gasteiger partial charge in [-0.1, -0.05) is 165 Å². The number of benzene rings is 5. The largest absolute Gasteiger partial charge is 0.507 e. The number of para-hydroxylation sites is 2. The first-order valence-corrected chi connectivity index (χ1v) is 21.2. The molecule has 7 aromatic rings. The SMILES string of the molecule is CCC(C)(CC)c1cc(-c2[c-]c(N(c3ccccn3)c3c(C(C)C)cccc3C(C)C)cc(-c3ccc(C(C)(C)c4ccccc4)cc3)c2)nc(-c2ccccc2O)c1.[Pt]. The van der Waals surface area contributed by atoms with Gasteiger partial charge in [-0.2, -0.15) is 0 Å². The number of rotatable bonds is 13. The molecule has 0 aliphatic carbocycles. The predicted octanol–water partition coefficient (Wildman–Crippen LogP) is 15.1. The molecule has 1 N–H and O–H groups in total. The van der Waals surface area contributed by atoms with Crippen LogP contribution in [0.2, 0.25) is 0 Å². The van der Waals surface area contributed by atoms with Crippen molar-refractivity contribution in [3.05, 3.63) is 180 Å². The summed E-state index contributed by atoms with van der Waals surface area (Å²) in [6.07, 6.45) is 3.80. The van der Waals surface area contributed by atoms with Crippen LogP contribution in [0.1, 0.15) is 115 Å². The Balaban J connectivity index is 0.00000604. The van der Waals surface area contributed by atoms with Crippen LogP contribution >= 0.6 is 0 Å². The number of pyridine rings is 2. The van der Waals surface area contributed by atoms with Crippen LogP contribution in [0.25, 0.3) is 33.6 Å². The predicted molar refractivity (Wildman–Crippen MR) is 248 cm³/mol. The summed E-state index contributed by atoms with van der Waals surface area (Å²) in [5.41, 5.74) is 13.2. The third kappa shape index (κ3) is 8.91. The number of aromatic hydroxyl groups is 1. The Morgan fingerprint density at radius 3 is 1.82 bits per heavy atom. The molecule has 310 valence electrons. The summed E-state index contributed by atoms with van der Waals surface area (Å²) >= 11 is 0. The Labute approximate surface area is 373 Å². The van der Waals surface area contributed by atoms with Gasteiger partial charge < -0.3 is 10.0 Å². The molecule has 2 aromatic heterocycles. The van der Waals surface area contributed by atoms with E-state index in [9.17, 15) is 5.11 Å². The van der Waals surface area contributed by atoms with Crippen LogP contribution in [0.3, 0.4) is 0 Å². The molecule has 0 amide bonds. The molecule has 0 fully saturated rings. The van der Waals surface area contributed by atoms with E-state index in [2.05, 4.69) is 182 Å². The van der Waals surface area contributed by atoms with Crippen LogP contribution < -0.4 is 4.90 Å². The Bertz CT molecular complexity index is 2500. The van der Waals surface area contributed by atoms with Gasteiger partial charge in [0.1, 0.15) is 11.6 Å². The van der Waals surface area contributed by atoms with Gasteiger partial charge in [0.15, 0.2) is 0 Å². The van der Waals surface area contributed by atoms with E-state index in [1.807, 2.05) is 30.5 Å². The van der Waals surface area contributed by atoms with Crippen molar-refractivity contribution in [1.29, 1.82) is 0 Å². The molecule has 2 heterocycles. The molecular weight excluding hydrogens is 914 g/mol. The number of phenols is 1. The molecule has 60 heavy (non-hydrogen) atoms. The van der Waals surface area contributed by atoms with Gasteiger partial charge in [-0.25, -0.2) is 4.98 Å². The van der Waals surface area contributed by atoms with E-state index in [-0.39, 0.29) is 49.5 Å². The molecule has 0 radical (unpaired) electrons. The van der Waals surface area contributed by atoms with E-state index in [1.54, 1.807) is 6.07 Å². The first-order chi connectivity index (χ1) is 28.3. The number of hydrogen-bond acceptors (Lipinski definition) is 4. The number of nitrogens with zero attached hydrogens (tertiary/aromatic N) is 3. The van der Waals surface area contributed by atoms with Gasteiger partial charge in [-0.3, -0.25) is 4.98 Å². The summed E-state index contributed by atoms with van der Waals surface area (Å²) in [5, 5.41) is 11.1. The standard InChI is InChI=1S/C55H58N3O.Pt/c1-10-55(9,11-2)44-35-49(57-50(36-44)48-22-15-16-25-51(48)59)41-32-40(39-27-29-43(30-28-39)54(7,8)42-20-13-12-14-21-42)33-45(34-41)58(52-26-17-18-31-56-52)53-46(37(3)4)23-19-24-47(53)38(5)6;/h12-33,35-38,59H,10-11H2,1-9H3;/q-1;. The Kier molecular flexibility index (Phi) is 13.7. The molecule has 0 aliphatic rings. The van der Waals surface area contributed by atoms with Crippen LogP contribution in [0.5, 0.6) is 5.75 Å². The van der Waals surface area contributed by atoms with Crippen LogP contribution in [0.4, 0.5) is 17.2 Å². The second kappa shape index (κ2) is 18.5. The second-order valence-corrected chi connectivity index (χ2v) is 17.3. The van der Waals surface area contributed by atoms with E-state index in [0.717, 1.165) is 58.1 Å². The minimum Gasteiger partial charge on any atom is -0.507 e. The van der Waals surface area contributed by atoms with Crippen molar-refractivity contribution >= 4 is 17.2 Å². The first-order valence-electron chi connectivity index (χ1n) is 21.2. The van der Waals surface area contributed by atoms with Crippen molar-refractivity contribution in [2.45, 2.75) is 97.8 Å². The molecule has 0 bridgehead atoms. The number of hydrogen-bond donors (Lipinski definition) is 1. The van der Waals surface area contributed by atoms with Crippen LogP contribution in [0.15, 0.2) is 146 Å². The molecule has 0 unspecified atom stereocenters. The second-order valence-electron chi connectivity index (χ2n) is 17.3. The molecular formula is C55H58N3OPt-. The van der Waals surface area contributed by atoms with Gasteiger partial charge in [0.2, 0.25) is 0 Å². The third-order valence-corrected chi connectivity index (χ3v) is 12.5. The zero-order chi connectivity index (χ0) is 41.9. The number of aromatic nitrogens is 2. The molecule has 5 heteroatoms. The average Bonchev–Trinajstić information content (AvgIpc) is 3.26. The number of phenolic OH excluding ortho intramolecular Hbond substituents is 1. The Morgan fingerprint density at radius 1 is 0.617 bits per heavy atom. The van der Waals surface area contributed by atoms with Crippen molar-refractivity contribution in [2.24, 2.45) is 0 Å². The van der Waals surface area contributed by atoms with Gasteiger partial charge in [-0.15, -0.1) is 23.8 Å². The molecule has 0 atom stereocenters. The van der Waals surface area contributed by atoms with E-state index >= 15 is 0 Å². The number of anilines is 3. The van der Waals surface area contributed by atoms with E-state index in [4.69, 9.17) is 9.97 Å². The maximum absolute atomic E-state index is 11.1. The molecule has 0 saturated carbocycles. The normalized spacial score (nSPS) is 11.8. The van der Waals surface area contributed by atoms with Gasteiger partial charge >= 0.3 is 0 Å². The first kappa shape index (κ1) is 44.2. The maximum atomic E-state index is 11.1. The van der Waals surface area contributed by atoms with Crippen molar-refractivity contribution < 1.29 is 26.2 Å². The quantitative estimate of drug-likeness (QED) is 0.117. The minimum atomic E-state index is -0.168. The molecule has 4 nitrogen and oxygen atoms in total. The van der Waals surface area contributed by atoms with Crippen molar-refractivity contribution in [2.75, 3.05) is 4.90 Å². The van der Waals surface area contributed by atoms with Gasteiger partial charge in [-0.05, 0) is 105 Å². The van der Waals surface area contributed by atoms with Crippen molar-refractivity contribution in [3.8, 4) is 39.4 Å². The van der Waals surface area contributed by atoms with Crippen LogP contribution in [-0.2, 0) is 31.9 Å². The Hall–Kier alpha value is -5.31. The van der Waals surface area contributed by atoms with Gasteiger partial charge in [0.25, 0.3) is 0 Å². The smallest absolute Gasteiger partial charge is 0.136 e. The molecule has 7 rings (SSSR count). The third-order valence-electron chi connectivity index (χ3n) is 12.5. The fraction of sp³-hybridized carbons (Fsp3) is 0.273. The molecule has 5 aromatic carbocycles. The summed E-state index contributed by atoms with van der Waals surface area (Å²) in [6.45, 7) is 20.4. The monoisotopic (exact) mass is 971 g/mol. The summed E-state index contributed by atoms with van der Waals surface area (Å²) in [5.74, 6) is 1.56. The van der Waals surface area contributed by atoms with Gasteiger partial charge in [0.05, 0.1) is 11.4 Å². The molecule has 0 spiro atoms. The Morgan fingerprint density at radius 2 is 1.22 bits per heavy atom. The van der Waals surface area contributed by atoms with Gasteiger partial charge in [0, 0.05) is 38.2 Å². The summed E-state index contributed by atoms with van der Waals surface area (Å²) in [7, 11) is 0. The van der Waals surface area contributed by atoms with E-state index < -0.39 is 0 Å². The minimum absolute atomic E-state index is 0. The molecule has 0 saturated heterocycles. The van der Waals surface area contributed by atoms with E-state index in [1.165, 1.54) is 27.8 Å². The topological polar surface area (TPSA) is 49.2 Å². The summed E-state index contributed by atoms with van der Waals surface area (Å²) in [6, 6.07) is 52.9. The van der Waals surface area contributed by atoms with Crippen LogP contribution in [0, 0.1) is 6.07 Å². The fourth-order valence-electron chi connectivity index (χ4n) is 8.20. The summed E-state index contributed by atoms with van der Waals surface area (Å²) < 4.78 is 0.